The molecule has 2 N–H and O–H groups in total. The number of hydrogen-bond donors (Lipinski definition) is 2. The van der Waals surface area contributed by atoms with Gasteiger partial charge in [-0.05, 0) is 37.8 Å². The first kappa shape index (κ1) is 42.0. The summed E-state index contributed by atoms with van der Waals surface area (Å²) < 4.78 is 55.2. The molecule has 4 aromatic rings. The molecular formula is C37H43F2N2O10S2Si+. The van der Waals surface area contributed by atoms with Gasteiger partial charge in [-0.3, -0.25) is 19.2 Å². The van der Waals surface area contributed by atoms with Gasteiger partial charge in [0.2, 0.25) is 0 Å². The summed E-state index contributed by atoms with van der Waals surface area (Å²) in [6.07, 6.45) is 2.35. The zero-order valence-corrected chi connectivity index (χ0v) is 33.8. The molecule has 0 amide bonds. The second-order valence-corrected chi connectivity index (χ2v) is 20.8. The van der Waals surface area contributed by atoms with Crippen molar-refractivity contribution in [3.63, 3.8) is 0 Å². The van der Waals surface area contributed by atoms with Crippen LogP contribution < -0.4 is 18.9 Å². The molecule has 0 bridgehead atoms. The van der Waals surface area contributed by atoms with Crippen LogP contribution in [0.15, 0.2) is 24.3 Å². The molecule has 6 rings (SSSR count). The van der Waals surface area contributed by atoms with Gasteiger partial charge >= 0.3 is 11.9 Å². The lowest BCUT2D eigenvalue weighted by Gasteiger charge is -2.32. The quantitative estimate of drug-likeness (QED) is 0.0378. The first-order chi connectivity index (χ1) is 25.5. The molecule has 17 heteroatoms. The van der Waals surface area contributed by atoms with Gasteiger partial charge in [-0.25, -0.2) is 8.78 Å². The third-order valence-corrected chi connectivity index (χ3v) is 12.3. The lowest BCUT2D eigenvalue weighted by atomic mass is 9.71. The maximum atomic E-state index is 14.6. The van der Waals surface area contributed by atoms with Crippen LogP contribution in [0, 0.1) is 40.8 Å². The standard InChI is InChI=1S/C17H17FO5S.C16H15FO5S.C4H11N2Si/c1-21-11-7-12-10(14(18)16(11)22-2)6-13(24-12)15(19)8-4-5-9(8)17(20)23-3;1-21-10-6-11-9(13(17)15(10)22-2)5-12(23-11)14(18)7-3-4-8(7)16(19)20;1-7(2,3)4-6-5/h6-9H,4-5H2,1-3H3;5-8H,3-4H2,1-2H3,(H,19,20);4-5H,1-3H3/q;;+1/t8-,9-;7-,8-;/m11./s1. The van der Waals surface area contributed by atoms with E-state index in [1.54, 1.807) is 18.0 Å². The van der Waals surface area contributed by atoms with Crippen molar-refractivity contribution in [2.24, 2.45) is 23.7 Å². The predicted octanol–water partition coefficient (Wildman–Crippen LogP) is 7.96. The van der Waals surface area contributed by atoms with Crippen LogP contribution in [0.4, 0.5) is 8.78 Å². The SMILES string of the molecule is COC(=O)[C@@H]1CC[C@H]1C(=O)c1cc2c(F)c(OC)c(OC)cc2s1.COc1cc2sc(C(=O)[C@@H]3CC[C@H]3C(=O)O)cc2c(F)c1OC.C[Si](C)(C)C=[N+]=N. The minimum atomic E-state index is -1.14. The smallest absolute Gasteiger partial charge is 0.309 e. The van der Waals surface area contributed by atoms with E-state index in [4.69, 9.17) is 34.3 Å². The normalized spacial score (nSPS) is 18.6. The molecule has 0 saturated heterocycles. The number of carbonyl (C=O) groups excluding carboxylic acids is 3. The van der Waals surface area contributed by atoms with Crippen molar-refractivity contribution >= 4 is 80.3 Å². The molecule has 2 aromatic heterocycles. The van der Waals surface area contributed by atoms with Crippen molar-refractivity contribution in [3.05, 3.63) is 45.7 Å². The van der Waals surface area contributed by atoms with E-state index in [1.165, 1.54) is 59.0 Å². The Kier molecular flexibility index (Phi) is 13.7. The van der Waals surface area contributed by atoms with E-state index in [0.29, 0.717) is 50.2 Å². The Balaban J connectivity index is 0.000000205. The van der Waals surface area contributed by atoms with Crippen LogP contribution in [0.3, 0.4) is 0 Å². The number of rotatable bonds is 11. The summed E-state index contributed by atoms with van der Waals surface area (Å²) in [6.45, 7) is 6.43. The number of nitrogens with zero attached hydrogens (tertiary/aromatic N) is 1. The maximum absolute atomic E-state index is 14.6. The van der Waals surface area contributed by atoms with E-state index in [2.05, 4.69) is 24.4 Å². The zero-order valence-electron chi connectivity index (χ0n) is 31.2. The molecule has 0 unspecified atom stereocenters. The van der Waals surface area contributed by atoms with Crippen LogP contribution in [0.1, 0.15) is 45.0 Å². The van der Waals surface area contributed by atoms with Crippen molar-refractivity contribution in [2.75, 3.05) is 35.5 Å². The Bertz CT molecular complexity index is 2120. The number of hydrogen-bond acceptors (Lipinski definition) is 12. The highest BCUT2D eigenvalue weighted by atomic mass is 32.1. The molecule has 2 heterocycles. The van der Waals surface area contributed by atoms with Gasteiger partial charge in [-0.15, -0.1) is 22.7 Å². The molecule has 2 aliphatic rings. The molecule has 2 aliphatic carbocycles. The Morgan fingerprint density at radius 2 is 1.13 bits per heavy atom. The number of carbonyl (C=O) groups is 4. The molecule has 0 radical (unpaired) electrons. The number of ether oxygens (including phenoxy) is 5. The van der Waals surface area contributed by atoms with Crippen molar-refractivity contribution in [1.82, 2.24) is 0 Å². The summed E-state index contributed by atoms with van der Waals surface area (Å²) in [5, 5.41) is 9.67. The van der Waals surface area contributed by atoms with E-state index < -0.39 is 49.3 Å². The van der Waals surface area contributed by atoms with E-state index in [1.807, 2.05) is 0 Å². The molecule has 54 heavy (non-hydrogen) atoms. The molecule has 2 saturated carbocycles. The number of carboxylic acids is 1. The third-order valence-electron chi connectivity index (χ3n) is 9.19. The summed E-state index contributed by atoms with van der Waals surface area (Å²) in [4.78, 5) is 51.9. The Morgan fingerprint density at radius 3 is 1.41 bits per heavy atom. The number of carboxylic acid groups (broad SMARTS) is 1. The highest BCUT2D eigenvalue weighted by molar-refractivity contribution is 7.21. The second kappa shape index (κ2) is 17.6. The second-order valence-electron chi connectivity index (χ2n) is 13.7. The van der Waals surface area contributed by atoms with Crippen molar-refractivity contribution in [2.45, 2.75) is 45.3 Å². The van der Waals surface area contributed by atoms with Crippen LogP contribution in [-0.2, 0) is 14.3 Å². The highest BCUT2D eigenvalue weighted by Gasteiger charge is 2.43. The van der Waals surface area contributed by atoms with Crippen LogP contribution in [0.5, 0.6) is 23.0 Å². The number of Topliss-reactive ketones (excluding diaryl/α,β-unsaturated/α-hetero) is 2. The number of halogens is 2. The molecule has 2 fully saturated rings. The van der Waals surface area contributed by atoms with Crippen LogP contribution in [0.2, 0.25) is 19.6 Å². The van der Waals surface area contributed by atoms with Gasteiger partial charge in [0.05, 0.1) is 62.7 Å². The lowest BCUT2D eigenvalue weighted by Crippen LogP contribution is -2.38. The Hall–Kier alpha value is -4.70. The summed E-state index contributed by atoms with van der Waals surface area (Å²) in [5.74, 6) is -2.51. The van der Waals surface area contributed by atoms with Crippen LogP contribution in [0.25, 0.3) is 20.2 Å². The largest absolute Gasteiger partial charge is 0.493 e. The van der Waals surface area contributed by atoms with Gasteiger partial charge in [-0.1, -0.05) is 19.6 Å². The first-order valence-corrected chi connectivity index (χ1v) is 22.0. The van der Waals surface area contributed by atoms with Crippen LogP contribution >= 0.6 is 22.7 Å². The molecule has 0 spiro atoms. The van der Waals surface area contributed by atoms with E-state index in [0.717, 1.165) is 11.3 Å². The molecule has 290 valence electrons. The fourth-order valence-corrected chi connectivity index (χ4v) is 8.61. The Labute approximate surface area is 319 Å². The maximum Gasteiger partial charge on any atom is 0.309 e. The fraction of sp³-hybridized carbons (Fsp3) is 0.432. The van der Waals surface area contributed by atoms with E-state index >= 15 is 0 Å². The van der Waals surface area contributed by atoms with E-state index in [9.17, 15) is 28.0 Å². The van der Waals surface area contributed by atoms with Crippen molar-refractivity contribution in [3.8, 4) is 23.0 Å². The predicted molar refractivity (Wildman–Crippen MR) is 203 cm³/mol. The average Bonchev–Trinajstić information content (AvgIpc) is 3.72. The summed E-state index contributed by atoms with van der Waals surface area (Å²) in [6, 6.07) is 6.26. The first-order valence-electron chi connectivity index (χ1n) is 16.8. The summed E-state index contributed by atoms with van der Waals surface area (Å²) in [7, 11) is 5.72. The minimum Gasteiger partial charge on any atom is -0.493 e. The topological polar surface area (TPSA) is 173 Å². The van der Waals surface area contributed by atoms with Gasteiger partial charge in [0.1, 0.15) is 0 Å². The number of ketones is 2. The number of thiophene rings is 2. The highest BCUT2D eigenvalue weighted by Crippen LogP contribution is 2.44. The minimum absolute atomic E-state index is 0.0103. The number of esters is 1. The number of nitrogens with one attached hydrogen (secondary N) is 1. The van der Waals surface area contributed by atoms with Gasteiger partial charge in [0, 0.05) is 48.9 Å². The zero-order chi connectivity index (χ0) is 40.1. The lowest BCUT2D eigenvalue weighted by molar-refractivity contribution is -0.150. The average molecular weight is 806 g/mol. The number of aliphatic carboxylic acids is 1. The number of benzene rings is 2. The molecule has 2 aromatic carbocycles. The number of methoxy groups -OCH3 is 5. The van der Waals surface area contributed by atoms with Gasteiger partial charge in [0.15, 0.2) is 54.3 Å². The van der Waals surface area contributed by atoms with Gasteiger partial charge in [0.25, 0.3) is 5.84 Å². The summed E-state index contributed by atoms with van der Waals surface area (Å²) in [5.41, 5.74) is 6.46. The third kappa shape index (κ3) is 8.81. The Morgan fingerprint density at radius 1 is 0.722 bits per heavy atom. The molecule has 12 nitrogen and oxygen atoms in total. The van der Waals surface area contributed by atoms with Crippen molar-refractivity contribution in [1.29, 1.82) is 5.53 Å². The number of fused-ring (bicyclic) bond motifs is 2. The molecule has 4 atom stereocenters. The molecule has 0 aliphatic heterocycles. The van der Waals surface area contributed by atoms with Gasteiger partial charge in [-0.2, -0.15) is 0 Å². The fourth-order valence-electron chi connectivity index (χ4n) is 6.04. The summed E-state index contributed by atoms with van der Waals surface area (Å²) >= 11 is 2.33. The van der Waals surface area contributed by atoms with Gasteiger partial charge < -0.3 is 28.8 Å². The monoisotopic (exact) mass is 805 g/mol. The molecular weight excluding hydrogens is 763 g/mol. The van der Waals surface area contributed by atoms with Crippen molar-refractivity contribution < 1.29 is 61.5 Å². The van der Waals surface area contributed by atoms with Crippen LogP contribution in [-0.4, -0.2) is 82.9 Å². The van der Waals surface area contributed by atoms with E-state index in [-0.39, 0.29) is 45.9 Å².